The van der Waals surface area contributed by atoms with E-state index in [1.165, 1.54) is 11.4 Å². The zero-order valence-electron chi connectivity index (χ0n) is 13.1. The molecule has 0 amide bonds. The Morgan fingerprint density at radius 3 is 2.52 bits per heavy atom. The van der Waals surface area contributed by atoms with Gasteiger partial charge < -0.3 is 15.0 Å². The molecule has 0 unspecified atom stereocenters. The maximum absolute atomic E-state index is 5.90. The van der Waals surface area contributed by atoms with Gasteiger partial charge in [-0.25, -0.2) is 4.98 Å². The highest BCUT2D eigenvalue weighted by Gasteiger charge is 2.18. The number of imidazole rings is 1. The molecule has 0 atom stereocenters. The van der Waals surface area contributed by atoms with E-state index in [2.05, 4.69) is 49.5 Å². The molecule has 1 saturated heterocycles. The molecule has 2 aromatic heterocycles. The molecule has 3 aromatic rings. The molecular formula is C18H21N5. The van der Waals surface area contributed by atoms with Crippen molar-refractivity contribution in [1.29, 1.82) is 0 Å². The number of para-hydroxylation sites is 1. The van der Waals surface area contributed by atoms with Crippen LogP contribution < -0.4 is 10.6 Å². The van der Waals surface area contributed by atoms with Gasteiger partial charge in [-0.05, 0) is 24.3 Å². The number of nitrogens with two attached hydrogens (primary N) is 1. The lowest BCUT2D eigenvalue weighted by Gasteiger charge is -2.36. The fourth-order valence-electron chi connectivity index (χ4n) is 3.20. The van der Waals surface area contributed by atoms with E-state index in [0.717, 1.165) is 44.1 Å². The monoisotopic (exact) mass is 307 g/mol. The van der Waals surface area contributed by atoms with Crippen molar-refractivity contribution in [3.8, 4) is 0 Å². The number of pyridine rings is 1. The van der Waals surface area contributed by atoms with Gasteiger partial charge in [0.2, 0.25) is 0 Å². The smallest absolute Gasteiger partial charge is 0.137 e. The number of rotatable bonds is 3. The molecular weight excluding hydrogens is 286 g/mol. The molecule has 0 aliphatic carbocycles. The lowest BCUT2D eigenvalue weighted by Crippen LogP contribution is -2.46. The summed E-state index contributed by atoms with van der Waals surface area (Å²) in [5, 5.41) is 0. The van der Waals surface area contributed by atoms with Crippen molar-refractivity contribution in [1.82, 2.24) is 14.3 Å². The minimum absolute atomic E-state index is 0.769. The number of benzene rings is 1. The molecule has 0 bridgehead atoms. The highest BCUT2D eigenvalue weighted by atomic mass is 15.3. The molecule has 5 heteroatoms. The second-order valence-electron chi connectivity index (χ2n) is 6.04. The normalized spacial score (nSPS) is 16.1. The largest absolute Gasteiger partial charge is 0.398 e. The summed E-state index contributed by atoms with van der Waals surface area (Å²) in [6.45, 7) is 5.15. The Bertz CT molecular complexity index is 788. The van der Waals surface area contributed by atoms with Crippen LogP contribution >= 0.6 is 0 Å². The van der Waals surface area contributed by atoms with E-state index < -0.39 is 0 Å². The number of anilines is 2. The van der Waals surface area contributed by atoms with Crippen molar-refractivity contribution in [3.63, 3.8) is 0 Å². The minimum atomic E-state index is 0.769. The van der Waals surface area contributed by atoms with E-state index in [9.17, 15) is 0 Å². The predicted octanol–water partition coefficient (Wildman–Crippen LogP) is 2.24. The van der Waals surface area contributed by atoms with Gasteiger partial charge in [0.1, 0.15) is 5.65 Å². The van der Waals surface area contributed by atoms with Crippen LogP contribution in [0.15, 0.2) is 54.9 Å². The number of hydrogen-bond acceptors (Lipinski definition) is 4. The molecule has 5 nitrogen and oxygen atoms in total. The Morgan fingerprint density at radius 2 is 1.74 bits per heavy atom. The van der Waals surface area contributed by atoms with Crippen molar-refractivity contribution in [2.45, 2.75) is 6.54 Å². The number of piperazine rings is 1. The number of nitrogen functional groups attached to an aromatic ring is 1. The first-order chi connectivity index (χ1) is 11.3. The fourth-order valence-corrected chi connectivity index (χ4v) is 3.20. The first-order valence-corrected chi connectivity index (χ1v) is 8.03. The predicted molar refractivity (Wildman–Crippen MR) is 93.5 cm³/mol. The van der Waals surface area contributed by atoms with Crippen LogP contribution in [0.4, 0.5) is 11.4 Å². The summed E-state index contributed by atoms with van der Waals surface area (Å²) in [7, 11) is 0. The maximum atomic E-state index is 5.90. The molecule has 1 aromatic carbocycles. The van der Waals surface area contributed by atoms with Crippen LogP contribution in [0, 0.1) is 0 Å². The second-order valence-corrected chi connectivity index (χ2v) is 6.04. The van der Waals surface area contributed by atoms with Gasteiger partial charge in [0, 0.05) is 50.3 Å². The zero-order valence-corrected chi connectivity index (χ0v) is 13.1. The molecule has 1 aliphatic rings. The third kappa shape index (κ3) is 2.87. The van der Waals surface area contributed by atoms with Crippen LogP contribution in [0.1, 0.15) is 5.69 Å². The molecule has 23 heavy (non-hydrogen) atoms. The lowest BCUT2D eigenvalue weighted by molar-refractivity contribution is 0.246. The van der Waals surface area contributed by atoms with E-state index in [-0.39, 0.29) is 0 Å². The Kier molecular flexibility index (Phi) is 3.63. The van der Waals surface area contributed by atoms with Crippen LogP contribution in [0.3, 0.4) is 0 Å². The summed E-state index contributed by atoms with van der Waals surface area (Å²) in [5.74, 6) is 0. The highest BCUT2D eigenvalue weighted by Crippen LogP contribution is 2.17. The average Bonchev–Trinajstić information content (AvgIpc) is 2.98. The molecule has 2 N–H and O–H groups in total. The zero-order chi connectivity index (χ0) is 15.6. The van der Waals surface area contributed by atoms with Crippen LogP contribution in [0.2, 0.25) is 0 Å². The van der Waals surface area contributed by atoms with Crippen LogP contribution in [0.5, 0.6) is 0 Å². The standard InChI is InChI=1S/C18H21N5/c19-15-6-7-18-20-12-17(23(18)13-15)14-21-8-10-22(11-9-21)16-4-2-1-3-5-16/h1-7,12-13H,8-11,14,19H2. The van der Waals surface area contributed by atoms with Crippen molar-refractivity contribution in [2.75, 3.05) is 36.8 Å². The summed E-state index contributed by atoms with van der Waals surface area (Å²) in [5.41, 5.74) is 10.1. The van der Waals surface area contributed by atoms with Gasteiger partial charge >= 0.3 is 0 Å². The van der Waals surface area contributed by atoms with Gasteiger partial charge in [-0.1, -0.05) is 18.2 Å². The molecule has 0 radical (unpaired) electrons. The van der Waals surface area contributed by atoms with Gasteiger partial charge in [0.05, 0.1) is 11.9 Å². The average molecular weight is 307 g/mol. The van der Waals surface area contributed by atoms with Gasteiger partial charge in [0.15, 0.2) is 0 Å². The summed E-state index contributed by atoms with van der Waals surface area (Å²) in [6, 6.07) is 14.5. The Labute approximate surface area is 136 Å². The van der Waals surface area contributed by atoms with E-state index >= 15 is 0 Å². The summed E-state index contributed by atoms with van der Waals surface area (Å²) >= 11 is 0. The van der Waals surface area contributed by atoms with Crippen molar-refractivity contribution >= 4 is 17.0 Å². The van der Waals surface area contributed by atoms with Crippen LogP contribution in [-0.2, 0) is 6.54 Å². The molecule has 118 valence electrons. The van der Waals surface area contributed by atoms with E-state index in [4.69, 9.17) is 5.73 Å². The molecule has 0 saturated carbocycles. The highest BCUT2D eigenvalue weighted by molar-refractivity contribution is 5.49. The van der Waals surface area contributed by atoms with E-state index in [1.54, 1.807) is 0 Å². The number of nitrogens with zero attached hydrogens (tertiary/aromatic N) is 4. The maximum Gasteiger partial charge on any atom is 0.137 e. The minimum Gasteiger partial charge on any atom is -0.398 e. The molecule has 0 spiro atoms. The SMILES string of the molecule is Nc1ccc2ncc(CN3CCN(c4ccccc4)CC3)n2c1. The first kappa shape index (κ1) is 14.1. The molecule has 1 aliphatic heterocycles. The number of fused-ring (bicyclic) bond motifs is 1. The van der Waals surface area contributed by atoms with E-state index in [0.29, 0.717) is 0 Å². The third-order valence-corrected chi connectivity index (χ3v) is 4.48. The third-order valence-electron chi connectivity index (χ3n) is 4.48. The summed E-state index contributed by atoms with van der Waals surface area (Å²) in [6.07, 6.45) is 3.91. The Balaban J connectivity index is 1.44. The van der Waals surface area contributed by atoms with Gasteiger partial charge in [-0.3, -0.25) is 4.90 Å². The first-order valence-electron chi connectivity index (χ1n) is 8.03. The number of aromatic nitrogens is 2. The topological polar surface area (TPSA) is 49.8 Å². The van der Waals surface area contributed by atoms with Crippen molar-refractivity contribution in [3.05, 3.63) is 60.6 Å². The quantitative estimate of drug-likeness (QED) is 0.806. The van der Waals surface area contributed by atoms with Crippen LogP contribution in [0.25, 0.3) is 5.65 Å². The second kappa shape index (κ2) is 5.93. The lowest BCUT2D eigenvalue weighted by atomic mass is 10.2. The molecule has 1 fully saturated rings. The summed E-state index contributed by atoms with van der Waals surface area (Å²) < 4.78 is 2.10. The van der Waals surface area contributed by atoms with Crippen molar-refractivity contribution < 1.29 is 0 Å². The summed E-state index contributed by atoms with van der Waals surface area (Å²) in [4.78, 5) is 9.38. The number of hydrogen-bond donors (Lipinski definition) is 1. The van der Waals surface area contributed by atoms with Crippen LogP contribution in [-0.4, -0.2) is 40.5 Å². The fraction of sp³-hybridized carbons (Fsp3) is 0.278. The Hall–Kier alpha value is -2.53. The van der Waals surface area contributed by atoms with Crippen molar-refractivity contribution in [2.24, 2.45) is 0 Å². The Morgan fingerprint density at radius 1 is 0.957 bits per heavy atom. The van der Waals surface area contributed by atoms with Gasteiger partial charge in [-0.2, -0.15) is 0 Å². The van der Waals surface area contributed by atoms with E-state index in [1.807, 2.05) is 24.5 Å². The van der Waals surface area contributed by atoms with Gasteiger partial charge in [-0.15, -0.1) is 0 Å². The molecule has 3 heterocycles. The molecule has 4 rings (SSSR count). The van der Waals surface area contributed by atoms with Gasteiger partial charge in [0.25, 0.3) is 0 Å².